The molecule has 1 heteroatoms. The van der Waals surface area contributed by atoms with Gasteiger partial charge < -0.3 is 5.11 Å². The highest BCUT2D eigenvalue weighted by atomic mass is 16.3. The van der Waals surface area contributed by atoms with Gasteiger partial charge >= 0.3 is 0 Å². The van der Waals surface area contributed by atoms with Crippen LogP contribution >= 0.6 is 0 Å². The predicted octanol–water partition coefficient (Wildman–Crippen LogP) is 9.10. The molecule has 12 aliphatic rings. The molecule has 0 unspecified atom stereocenters. The van der Waals surface area contributed by atoms with E-state index < -0.39 is 0 Å². The molecule has 0 amide bonds. The number of phenolic OH excluding ortho intramolecular Hbond substituents is 1. The third-order valence-electron chi connectivity index (χ3n) is 15.3. The number of aromatic hydroxyl groups is 1. The summed E-state index contributed by atoms with van der Waals surface area (Å²) in [5.41, 5.74) is 7.79. The number of benzene rings is 1. The lowest BCUT2D eigenvalue weighted by atomic mass is 9.42. The second-order valence-corrected chi connectivity index (χ2v) is 17.9. The first-order valence-corrected chi connectivity index (χ1v) is 17.3. The van der Waals surface area contributed by atoms with Crippen molar-refractivity contribution in [2.24, 2.45) is 53.3 Å². The molecule has 12 saturated carbocycles. The van der Waals surface area contributed by atoms with Crippen LogP contribution in [0.4, 0.5) is 0 Å². The van der Waals surface area contributed by atoms with Crippen molar-refractivity contribution >= 4 is 0 Å². The molecular formula is C37H50O. The van der Waals surface area contributed by atoms with Crippen LogP contribution in [0.1, 0.15) is 138 Å². The summed E-state index contributed by atoms with van der Waals surface area (Å²) in [5, 5.41) is 12.5. The van der Waals surface area contributed by atoms with Crippen LogP contribution < -0.4 is 0 Å². The summed E-state index contributed by atoms with van der Waals surface area (Å²) in [7, 11) is 0. The van der Waals surface area contributed by atoms with E-state index in [-0.39, 0.29) is 0 Å². The Morgan fingerprint density at radius 3 is 1.11 bits per heavy atom. The molecule has 0 radical (unpaired) electrons. The Morgan fingerprint density at radius 1 is 0.474 bits per heavy atom. The van der Waals surface area contributed by atoms with E-state index in [0.29, 0.717) is 16.2 Å². The van der Waals surface area contributed by atoms with Gasteiger partial charge in [-0.3, -0.25) is 0 Å². The third kappa shape index (κ3) is 2.91. The second kappa shape index (κ2) is 7.26. The molecule has 12 fully saturated rings. The summed E-state index contributed by atoms with van der Waals surface area (Å²) >= 11 is 0. The van der Waals surface area contributed by atoms with Crippen LogP contribution in [0.15, 0.2) is 6.07 Å². The lowest BCUT2D eigenvalue weighted by Gasteiger charge is -2.62. The maximum absolute atomic E-state index is 12.5. The fraction of sp³-hybridized carbons (Fsp3) is 0.838. The van der Waals surface area contributed by atoms with Crippen molar-refractivity contribution in [3.05, 3.63) is 28.3 Å². The average molecular weight is 511 g/mol. The third-order valence-corrected chi connectivity index (χ3v) is 15.3. The number of hydrogen-bond acceptors (Lipinski definition) is 1. The highest BCUT2D eigenvalue weighted by molar-refractivity contribution is 5.59. The van der Waals surface area contributed by atoms with Crippen molar-refractivity contribution in [1.82, 2.24) is 0 Å². The van der Waals surface area contributed by atoms with E-state index in [1.807, 2.05) is 0 Å². The normalized spacial score (nSPS) is 54.8. The predicted molar refractivity (Wildman–Crippen MR) is 152 cm³/mol. The topological polar surface area (TPSA) is 20.2 Å². The molecule has 204 valence electrons. The van der Waals surface area contributed by atoms with Gasteiger partial charge in [-0.05, 0) is 209 Å². The molecule has 0 aromatic heterocycles. The highest BCUT2D eigenvalue weighted by Gasteiger charge is 2.59. The van der Waals surface area contributed by atoms with Crippen molar-refractivity contribution in [2.75, 3.05) is 0 Å². The van der Waals surface area contributed by atoms with Gasteiger partial charge in [0.25, 0.3) is 0 Å². The van der Waals surface area contributed by atoms with Gasteiger partial charge in [-0.15, -0.1) is 0 Å². The van der Waals surface area contributed by atoms with Crippen LogP contribution in [0, 0.1) is 60.2 Å². The van der Waals surface area contributed by atoms with E-state index in [1.165, 1.54) is 116 Å². The molecule has 12 bridgehead atoms. The first-order valence-electron chi connectivity index (χ1n) is 17.3. The largest absolute Gasteiger partial charge is 0.508 e. The van der Waals surface area contributed by atoms with E-state index >= 15 is 0 Å². The minimum Gasteiger partial charge on any atom is -0.508 e. The molecule has 0 heterocycles. The zero-order valence-electron chi connectivity index (χ0n) is 23.9. The van der Waals surface area contributed by atoms with E-state index in [9.17, 15) is 5.11 Å². The lowest BCUT2D eigenvalue weighted by Crippen LogP contribution is -2.53. The van der Waals surface area contributed by atoms with Gasteiger partial charge in [0.2, 0.25) is 0 Å². The molecule has 0 aliphatic heterocycles. The Labute approximate surface area is 230 Å². The first kappa shape index (κ1) is 22.7. The minimum atomic E-state index is 0.294. The van der Waals surface area contributed by atoms with Crippen LogP contribution in [0.2, 0.25) is 0 Å². The van der Waals surface area contributed by atoms with Crippen molar-refractivity contribution < 1.29 is 5.11 Å². The summed E-state index contributed by atoms with van der Waals surface area (Å²) in [6.07, 6.45) is 26.4. The molecule has 13 rings (SSSR count). The SMILES string of the molecule is Cc1c(C23CC4CC(CC(C4)C2)C3)cc(O)c(C23CC4CC(CC(C4)C2)C3)c1C12CC3CC(CC(C3)C1)C2. The quantitative estimate of drug-likeness (QED) is 0.430. The molecule has 38 heavy (non-hydrogen) atoms. The number of phenols is 1. The molecule has 1 N–H and O–H groups in total. The van der Waals surface area contributed by atoms with Crippen LogP contribution in [0.25, 0.3) is 0 Å². The van der Waals surface area contributed by atoms with Gasteiger partial charge in [-0.25, -0.2) is 0 Å². The zero-order valence-corrected chi connectivity index (χ0v) is 23.9. The van der Waals surface area contributed by atoms with Crippen molar-refractivity contribution in [1.29, 1.82) is 0 Å². The Hall–Kier alpha value is -0.980. The number of hydrogen-bond donors (Lipinski definition) is 1. The standard InChI is InChI=1S/C37H50O/c1-21-31(35-12-22-2-23(13-35)4-24(3-22)14-35)11-32(38)34(37-18-28-8-29(19-37)10-30(9-28)20-37)33(21)36-15-25-5-26(16-36)7-27(6-25)17-36/h11,22-30,38H,2-10,12-20H2,1H3. The summed E-state index contributed by atoms with van der Waals surface area (Å²) in [6, 6.07) is 2.44. The van der Waals surface area contributed by atoms with Crippen LogP contribution in [0.3, 0.4) is 0 Å². The Balaban J connectivity index is 1.20. The summed E-state index contributed by atoms with van der Waals surface area (Å²) < 4.78 is 0. The van der Waals surface area contributed by atoms with Gasteiger partial charge in [0, 0.05) is 11.0 Å². The molecule has 1 nitrogen and oxygen atoms in total. The van der Waals surface area contributed by atoms with Gasteiger partial charge in [-0.2, -0.15) is 0 Å². The molecule has 1 aromatic rings. The Kier molecular flexibility index (Phi) is 4.33. The van der Waals surface area contributed by atoms with Gasteiger partial charge in [-0.1, -0.05) is 0 Å². The lowest BCUT2D eigenvalue weighted by molar-refractivity contribution is -0.0196. The monoisotopic (exact) mass is 510 g/mol. The van der Waals surface area contributed by atoms with E-state index in [4.69, 9.17) is 0 Å². The maximum atomic E-state index is 12.5. The summed E-state index contributed by atoms with van der Waals surface area (Å²) in [6.45, 7) is 2.60. The molecule has 12 aliphatic carbocycles. The Bertz CT molecular complexity index is 1100. The molecule has 1 aromatic carbocycles. The summed E-state index contributed by atoms with van der Waals surface area (Å²) in [5.74, 6) is 9.40. The van der Waals surface area contributed by atoms with Crippen LogP contribution in [-0.2, 0) is 16.2 Å². The van der Waals surface area contributed by atoms with Gasteiger partial charge in [0.1, 0.15) is 5.75 Å². The second-order valence-electron chi connectivity index (χ2n) is 17.9. The average Bonchev–Trinajstić information content (AvgIpc) is 2.82. The first-order chi connectivity index (χ1) is 18.4. The van der Waals surface area contributed by atoms with Crippen LogP contribution in [-0.4, -0.2) is 5.11 Å². The van der Waals surface area contributed by atoms with Crippen molar-refractivity contribution in [2.45, 2.75) is 139 Å². The van der Waals surface area contributed by atoms with E-state index in [1.54, 1.807) is 22.3 Å². The Morgan fingerprint density at radius 2 is 0.763 bits per heavy atom. The van der Waals surface area contributed by atoms with E-state index in [2.05, 4.69) is 13.0 Å². The van der Waals surface area contributed by atoms with Gasteiger partial charge in [0.15, 0.2) is 0 Å². The molecule has 0 atom stereocenters. The van der Waals surface area contributed by atoms with Crippen molar-refractivity contribution in [3.63, 3.8) is 0 Å². The van der Waals surface area contributed by atoms with E-state index in [0.717, 1.165) is 59.0 Å². The van der Waals surface area contributed by atoms with Crippen LogP contribution in [0.5, 0.6) is 5.75 Å². The highest BCUT2D eigenvalue weighted by Crippen LogP contribution is 2.69. The van der Waals surface area contributed by atoms with Crippen molar-refractivity contribution in [3.8, 4) is 5.75 Å². The maximum Gasteiger partial charge on any atom is 0.119 e. The number of rotatable bonds is 3. The molecular weight excluding hydrogens is 460 g/mol. The van der Waals surface area contributed by atoms with Gasteiger partial charge in [0.05, 0.1) is 0 Å². The fourth-order valence-electron chi connectivity index (χ4n) is 15.8. The molecule has 0 spiro atoms. The summed E-state index contributed by atoms with van der Waals surface area (Å²) in [4.78, 5) is 0. The molecule has 0 saturated heterocycles. The smallest absolute Gasteiger partial charge is 0.119 e. The minimum absolute atomic E-state index is 0.294. The zero-order chi connectivity index (χ0) is 25.0. The fourth-order valence-corrected chi connectivity index (χ4v) is 15.8.